The van der Waals surface area contributed by atoms with Crippen molar-refractivity contribution >= 4 is 45.7 Å². The predicted molar refractivity (Wildman–Crippen MR) is 114 cm³/mol. The minimum absolute atomic E-state index is 0.148. The van der Waals surface area contributed by atoms with Gasteiger partial charge >= 0.3 is 0 Å². The number of phenolic OH excluding ortho intramolecular Hbond substituents is 1. The molecule has 4 rings (SSSR count). The molecule has 4 aromatic rings. The maximum Gasteiger partial charge on any atom is 0.138 e. The number of halogens is 1. The number of nitrogens with zero attached hydrogens (tertiary/aromatic N) is 3. The highest BCUT2D eigenvalue weighted by atomic mass is 35.5. The van der Waals surface area contributed by atoms with Crippen LogP contribution in [0.15, 0.2) is 70.9 Å². The number of pyridine rings is 1. The molecule has 0 atom stereocenters. The lowest BCUT2D eigenvalue weighted by molar-refractivity contribution is 0.415. The molecule has 5 nitrogen and oxygen atoms in total. The van der Waals surface area contributed by atoms with Crippen molar-refractivity contribution in [2.24, 2.45) is 10.2 Å². The first-order valence-electron chi connectivity index (χ1n) is 8.57. The molecule has 28 heavy (non-hydrogen) atoms. The summed E-state index contributed by atoms with van der Waals surface area (Å²) >= 11 is 6.25. The fourth-order valence-corrected chi connectivity index (χ4v) is 3.17. The normalized spacial score (nSPS) is 11.8. The second-order valence-corrected chi connectivity index (χ2v) is 6.49. The van der Waals surface area contributed by atoms with Crippen molar-refractivity contribution in [2.45, 2.75) is 0 Å². The molecule has 1 heterocycles. The number of ether oxygens (including phenoxy) is 1. The zero-order valence-corrected chi connectivity index (χ0v) is 15.8. The quantitative estimate of drug-likeness (QED) is 0.296. The van der Waals surface area contributed by atoms with E-state index in [2.05, 4.69) is 15.2 Å². The van der Waals surface area contributed by atoms with Gasteiger partial charge < -0.3 is 9.84 Å². The maximum atomic E-state index is 10.2. The van der Waals surface area contributed by atoms with Gasteiger partial charge in [-0.15, -0.1) is 0 Å². The molecule has 0 amide bonds. The van der Waals surface area contributed by atoms with Gasteiger partial charge in [-0.1, -0.05) is 41.9 Å². The second-order valence-electron chi connectivity index (χ2n) is 6.14. The van der Waals surface area contributed by atoms with Crippen LogP contribution < -0.4 is 4.74 Å². The van der Waals surface area contributed by atoms with Crippen LogP contribution in [0.4, 0.5) is 0 Å². The molecule has 0 bridgehead atoms. The molecule has 0 radical (unpaired) electrons. The fraction of sp³-hybridized carbons (Fsp3) is 0.0455. The van der Waals surface area contributed by atoms with Crippen LogP contribution in [0.25, 0.3) is 21.7 Å². The van der Waals surface area contributed by atoms with Crippen LogP contribution in [0.1, 0.15) is 11.1 Å². The third-order valence-corrected chi connectivity index (χ3v) is 4.70. The van der Waals surface area contributed by atoms with Crippen molar-refractivity contribution in [1.82, 2.24) is 4.98 Å². The van der Waals surface area contributed by atoms with Crippen LogP contribution in [-0.4, -0.2) is 29.6 Å². The van der Waals surface area contributed by atoms with Gasteiger partial charge in [-0.05, 0) is 41.1 Å². The average molecular weight is 390 g/mol. The molecule has 3 aromatic carbocycles. The molecule has 138 valence electrons. The van der Waals surface area contributed by atoms with Crippen molar-refractivity contribution in [3.63, 3.8) is 0 Å². The van der Waals surface area contributed by atoms with E-state index in [0.717, 1.165) is 27.4 Å². The predicted octanol–water partition coefficient (Wildman–Crippen LogP) is 5.21. The molecule has 1 N–H and O–H groups in total. The molecule has 0 saturated carbocycles. The number of rotatable bonds is 4. The Balaban J connectivity index is 1.65. The summed E-state index contributed by atoms with van der Waals surface area (Å²) < 4.78 is 5.24. The smallest absolute Gasteiger partial charge is 0.138 e. The van der Waals surface area contributed by atoms with Gasteiger partial charge in [0.1, 0.15) is 16.7 Å². The first-order chi connectivity index (χ1) is 13.7. The lowest BCUT2D eigenvalue weighted by Crippen LogP contribution is -1.90. The number of hydrogen-bond donors (Lipinski definition) is 1. The van der Waals surface area contributed by atoms with Crippen LogP contribution in [0.2, 0.25) is 5.15 Å². The number of benzene rings is 3. The highest BCUT2D eigenvalue weighted by molar-refractivity contribution is 6.32. The van der Waals surface area contributed by atoms with Crippen molar-refractivity contribution in [1.29, 1.82) is 0 Å². The van der Waals surface area contributed by atoms with E-state index in [1.807, 2.05) is 54.6 Å². The molecule has 0 aliphatic carbocycles. The van der Waals surface area contributed by atoms with E-state index >= 15 is 0 Å². The number of aromatic hydroxyl groups is 1. The van der Waals surface area contributed by atoms with Gasteiger partial charge in [0, 0.05) is 16.5 Å². The Morgan fingerprint density at radius 1 is 0.964 bits per heavy atom. The minimum atomic E-state index is 0.148. The molecule has 0 unspecified atom stereocenters. The Morgan fingerprint density at radius 3 is 2.64 bits per heavy atom. The van der Waals surface area contributed by atoms with Crippen LogP contribution in [-0.2, 0) is 0 Å². The molecule has 0 fully saturated rings. The van der Waals surface area contributed by atoms with Crippen LogP contribution in [0.3, 0.4) is 0 Å². The van der Waals surface area contributed by atoms with Gasteiger partial charge in [0.15, 0.2) is 0 Å². The van der Waals surface area contributed by atoms with E-state index in [1.165, 1.54) is 12.4 Å². The van der Waals surface area contributed by atoms with Crippen LogP contribution >= 0.6 is 11.6 Å². The summed E-state index contributed by atoms with van der Waals surface area (Å²) in [7, 11) is 1.62. The highest BCUT2D eigenvalue weighted by Gasteiger charge is 2.05. The molecule has 0 aliphatic rings. The Morgan fingerprint density at radius 2 is 1.79 bits per heavy atom. The molecule has 0 aliphatic heterocycles. The summed E-state index contributed by atoms with van der Waals surface area (Å²) in [5, 5.41) is 21.4. The lowest BCUT2D eigenvalue weighted by atomic mass is 10.0. The van der Waals surface area contributed by atoms with Crippen molar-refractivity contribution in [2.75, 3.05) is 7.11 Å². The van der Waals surface area contributed by atoms with Crippen LogP contribution in [0.5, 0.6) is 11.5 Å². The van der Waals surface area contributed by atoms with Crippen molar-refractivity contribution in [3.05, 3.63) is 76.9 Å². The number of fused-ring (bicyclic) bond motifs is 2. The Labute approximate surface area is 166 Å². The Kier molecular flexibility index (Phi) is 4.91. The Bertz CT molecular complexity index is 1240. The zero-order valence-electron chi connectivity index (χ0n) is 15.0. The first kappa shape index (κ1) is 17.9. The zero-order chi connectivity index (χ0) is 19.5. The summed E-state index contributed by atoms with van der Waals surface area (Å²) in [4.78, 5) is 4.37. The average Bonchev–Trinajstić information content (AvgIpc) is 2.72. The number of aromatic nitrogens is 1. The van der Waals surface area contributed by atoms with E-state index in [-0.39, 0.29) is 5.75 Å². The standard InChI is InChI=1S/C22H16ClN3O2/c1-28-17-7-8-20-15(11-17)10-16(22(23)26-20)12-24-25-13-19-18-5-3-2-4-14(18)6-9-21(19)27/h2-13,27H,1H3/b24-12+,25-13+. The lowest BCUT2D eigenvalue weighted by Gasteiger charge is -2.04. The fourth-order valence-electron chi connectivity index (χ4n) is 2.97. The number of methoxy groups -OCH3 is 1. The maximum absolute atomic E-state index is 10.2. The van der Waals surface area contributed by atoms with Gasteiger partial charge in [0.05, 0.1) is 25.1 Å². The summed E-state index contributed by atoms with van der Waals surface area (Å²) in [6.07, 6.45) is 3.06. The van der Waals surface area contributed by atoms with Crippen LogP contribution in [0, 0.1) is 0 Å². The largest absolute Gasteiger partial charge is 0.507 e. The van der Waals surface area contributed by atoms with Gasteiger partial charge in [-0.25, -0.2) is 4.98 Å². The third kappa shape index (κ3) is 3.52. The summed E-state index contributed by atoms with van der Waals surface area (Å²) in [6.45, 7) is 0. The number of phenols is 1. The molecule has 0 saturated heterocycles. The Hall–Kier alpha value is -3.44. The summed E-state index contributed by atoms with van der Waals surface area (Å²) in [5.74, 6) is 0.888. The molecule has 6 heteroatoms. The van der Waals surface area contributed by atoms with Gasteiger partial charge in [0.2, 0.25) is 0 Å². The minimum Gasteiger partial charge on any atom is -0.507 e. The number of hydrogen-bond acceptors (Lipinski definition) is 5. The topological polar surface area (TPSA) is 67.1 Å². The summed E-state index contributed by atoms with van der Waals surface area (Å²) in [6, 6.07) is 18.7. The highest BCUT2D eigenvalue weighted by Crippen LogP contribution is 2.26. The van der Waals surface area contributed by atoms with Crippen molar-refractivity contribution in [3.8, 4) is 11.5 Å². The van der Waals surface area contributed by atoms with Gasteiger partial charge in [-0.3, -0.25) is 0 Å². The van der Waals surface area contributed by atoms with Crippen molar-refractivity contribution < 1.29 is 9.84 Å². The molecular formula is C22H16ClN3O2. The van der Waals surface area contributed by atoms with E-state index < -0.39 is 0 Å². The van der Waals surface area contributed by atoms with E-state index in [9.17, 15) is 5.11 Å². The van der Waals surface area contributed by atoms with E-state index in [1.54, 1.807) is 13.2 Å². The van der Waals surface area contributed by atoms with E-state index in [4.69, 9.17) is 16.3 Å². The monoisotopic (exact) mass is 389 g/mol. The van der Waals surface area contributed by atoms with E-state index in [0.29, 0.717) is 16.3 Å². The summed E-state index contributed by atoms with van der Waals surface area (Å²) in [5.41, 5.74) is 2.02. The van der Waals surface area contributed by atoms with Gasteiger partial charge in [0.25, 0.3) is 0 Å². The third-order valence-electron chi connectivity index (χ3n) is 4.40. The molecule has 1 aromatic heterocycles. The second kappa shape index (κ2) is 7.66. The SMILES string of the molecule is COc1ccc2nc(Cl)c(/C=N/N=C/c3c(O)ccc4ccccc34)cc2c1. The molecular weight excluding hydrogens is 374 g/mol. The molecule has 0 spiro atoms. The first-order valence-corrected chi connectivity index (χ1v) is 8.95. The van der Waals surface area contributed by atoms with Gasteiger partial charge in [-0.2, -0.15) is 10.2 Å².